The van der Waals surface area contributed by atoms with Gasteiger partial charge in [-0.15, -0.1) is 0 Å². The topological polar surface area (TPSA) is 38.3 Å². The van der Waals surface area contributed by atoms with Gasteiger partial charge < -0.3 is 10.1 Å². The summed E-state index contributed by atoms with van der Waals surface area (Å²) in [5, 5.41) is 2.22. The first-order valence-corrected chi connectivity index (χ1v) is 4.68. The van der Waals surface area contributed by atoms with E-state index in [4.69, 9.17) is 0 Å². The maximum Gasteiger partial charge on any atom is 0.419 e. The van der Waals surface area contributed by atoms with Crippen LogP contribution in [-0.2, 0) is 10.9 Å². The summed E-state index contributed by atoms with van der Waals surface area (Å²) >= 11 is 0. The van der Waals surface area contributed by atoms with E-state index in [0.29, 0.717) is 6.07 Å². The molecule has 3 nitrogen and oxygen atoms in total. The Bertz CT molecular complexity index is 458. The van der Waals surface area contributed by atoms with Gasteiger partial charge in [-0.05, 0) is 6.07 Å². The number of cyclic esters (lactones) is 1. The summed E-state index contributed by atoms with van der Waals surface area (Å²) in [5.74, 6) is -1.38. The molecule has 2 rings (SSSR count). The molecule has 7 heteroatoms. The van der Waals surface area contributed by atoms with Crippen LogP contribution < -0.4 is 5.32 Å². The monoisotopic (exact) mass is 249 g/mol. The number of halogens is 4. The number of benzene rings is 1. The summed E-state index contributed by atoms with van der Waals surface area (Å²) in [6.07, 6.45) is -5.53. The number of carbonyl (C=O) groups excluding carboxylic acids is 1. The molecule has 92 valence electrons. The Morgan fingerprint density at radius 1 is 1.35 bits per heavy atom. The van der Waals surface area contributed by atoms with E-state index in [0.717, 1.165) is 6.07 Å². The van der Waals surface area contributed by atoms with Crippen molar-refractivity contribution in [3.8, 4) is 0 Å². The van der Waals surface area contributed by atoms with E-state index in [9.17, 15) is 22.4 Å². The summed E-state index contributed by atoms with van der Waals surface area (Å²) in [4.78, 5) is 10.7. The molecule has 1 aromatic carbocycles. The Balaban J connectivity index is 2.39. The number of nitrogens with one attached hydrogen (secondary N) is 1. The molecule has 1 saturated heterocycles. The fourth-order valence-electron chi connectivity index (χ4n) is 1.59. The van der Waals surface area contributed by atoms with Crippen LogP contribution in [0.15, 0.2) is 18.2 Å². The van der Waals surface area contributed by atoms with Gasteiger partial charge in [0.15, 0.2) is 0 Å². The van der Waals surface area contributed by atoms with Gasteiger partial charge in [-0.1, -0.05) is 12.1 Å². The van der Waals surface area contributed by atoms with Crippen molar-refractivity contribution in [2.24, 2.45) is 0 Å². The summed E-state index contributed by atoms with van der Waals surface area (Å²) in [5.41, 5.74) is -1.58. The summed E-state index contributed by atoms with van der Waals surface area (Å²) in [6.45, 7) is -0.183. The third-order valence-electron chi connectivity index (χ3n) is 2.38. The van der Waals surface area contributed by atoms with Crippen molar-refractivity contribution in [3.05, 3.63) is 35.1 Å². The van der Waals surface area contributed by atoms with Gasteiger partial charge in [0.1, 0.15) is 12.4 Å². The minimum Gasteiger partial charge on any atom is -0.447 e. The molecular weight excluding hydrogens is 242 g/mol. The first-order chi connectivity index (χ1) is 7.89. The summed E-state index contributed by atoms with van der Waals surface area (Å²) < 4.78 is 55.4. The number of alkyl carbamates (subject to hydrolysis) is 1. The average Bonchev–Trinajstić information content (AvgIpc) is 2.63. The largest absolute Gasteiger partial charge is 0.447 e. The van der Waals surface area contributed by atoms with Gasteiger partial charge in [0.25, 0.3) is 0 Å². The number of ether oxygens (including phenoxy) is 1. The molecule has 0 unspecified atom stereocenters. The van der Waals surface area contributed by atoms with E-state index in [2.05, 4.69) is 10.1 Å². The zero-order chi connectivity index (χ0) is 12.6. The van der Waals surface area contributed by atoms with Gasteiger partial charge in [-0.3, -0.25) is 0 Å². The number of hydrogen-bond acceptors (Lipinski definition) is 2. The standard InChI is InChI=1S/C10H7F4NO2/c11-8-5(7-4-17-9(16)15-7)2-1-3-6(8)10(12,13)14/h1-3,7H,4H2,(H,15,16)/t7-/m0/s1. The Morgan fingerprint density at radius 2 is 2.06 bits per heavy atom. The molecule has 17 heavy (non-hydrogen) atoms. The summed E-state index contributed by atoms with van der Waals surface area (Å²) in [7, 11) is 0. The normalized spacial score (nSPS) is 20.0. The second-order valence-corrected chi connectivity index (χ2v) is 3.50. The van der Waals surface area contributed by atoms with Gasteiger partial charge in [-0.2, -0.15) is 13.2 Å². The Morgan fingerprint density at radius 3 is 2.59 bits per heavy atom. The molecule has 1 aliphatic rings. The van der Waals surface area contributed by atoms with Crippen molar-refractivity contribution >= 4 is 6.09 Å². The Labute approximate surface area is 93.4 Å². The van der Waals surface area contributed by atoms with Crippen molar-refractivity contribution in [1.29, 1.82) is 0 Å². The zero-order valence-electron chi connectivity index (χ0n) is 8.34. The molecule has 0 aromatic heterocycles. The molecule has 1 fully saturated rings. The molecule has 0 saturated carbocycles. The quantitative estimate of drug-likeness (QED) is 0.777. The van der Waals surface area contributed by atoms with Crippen molar-refractivity contribution in [2.75, 3.05) is 6.61 Å². The second-order valence-electron chi connectivity index (χ2n) is 3.50. The van der Waals surface area contributed by atoms with Gasteiger partial charge in [0.2, 0.25) is 0 Å². The number of alkyl halides is 3. The molecule has 1 aromatic rings. The van der Waals surface area contributed by atoms with Crippen molar-refractivity contribution < 1.29 is 27.1 Å². The molecule has 1 amide bonds. The maximum atomic E-state index is 13.6. The SMILES string of the molecule is O=C1N[C@H](c2cccc(C(F)(F)F)c2F)CO1. The number of rotatable bonds is 1. The highest BCUT2D eigenvalue weighted by molar-refractivity contribution is 5.70. The van der Waals surface area contributed by atoms with E-state index in [1.165, 1.54) is 6.07 Å². The van der Waals surface area contributed by atoms with Crippen LogP contribution in [0, 0.1) is 5.82 Å². The van der Waals surface area contributed by atoms with Crippen molar-refractivity contribution in [2.45, 2.75) is 12.2 Å². The lowest BCUT2D eigenvalue weighted by atomic mass is 10.0. The van der Waals surface area contributed by atoms with Crippen LogP contribution >= 0.6 is 0 Å². The van der Waals surface area contributed by atoms with Gasteiger partial charge >= 0.3 is 12.3 Å². The predicted octanol–water partition coefficient (Wildman–Crippen LogP) is 2.63. The lowest BCUT2D eigenvalue weighted by Gasteiger charge is -2.13. The van der Waals surface area contributed by atoms with Crippen LogP contribution in [0.2, 0.25) is 0 Å². The smallest absolute Gasteiger partial charge is 0.419 e. The average molecular weight is 249 g/mol. The second kappa shape index (κ2) is 3.90. The molecule has 0 radical (unpaired) electrons. The van der Waals surface area contributed by atoms with Gasteiger partial charge in [0, 0.05) is 5.56 Å². The van der Waals surface area contributed by atoms with E-state index in [1.54, 1.807) is 0 Å². The fourth-order valence-corrected chi connectivity index (χ4v) is 1.59. The van der Waals surface area contributed by atoms with Crippen LogP contribution in [-0.4, -0.2) is 12.7 Å². The van der Waals surface area contributed by atoms with Crippen molar-refractivity contribution in [1.82, 2.24) is 5.32 Å². The lowest BCUT2D eigenvalue weighted by molar-refractivity contribution is -0.140. The van der Waals surface area contributed by atoms with Crippen LogP contribution in [0.25, 0.3) is 0 Å². The number of hydrogen-bond donors (Lipinski definition) is 1. The molecule has 0 spiro atoms. The van der Waals surface area contributed by atoms with Gasteiger partial charge in [0.05, 0.1) is 11.6 Å². The highest BCUT2D eigenvalue weighted by atomic mass is 19.4. The highest BCUT2D eigenvalue weighted by Gasteiger charge is 2.37. The highest BCUT2D eigenvalue weighted by Crippen LogP contribution is 2.34. The van der Waals surface area contributed by atoms with Crippen LogP contribution in [0.4, 0.5) is 22.4 Å². The fraction of sp³-hybridized carbons (Fsp3) is 0.300. The first-order valence-electron chi connectivity index (χ1n) is 4.68. The number of amides is 1. The van der Waals surface area contributed by atoms with Crippen LogP contribution in [0.1, 0.15) is 17.2 Å². The van der Waals surface area contributed by atoms with E-state index in [1.807, 2.05) is 0 Å². The Hall–Kier alpha value is -1.79. The molecular formula is C10H7F4NO2. The van der Waals surface area contributed by atoms with E-state index >= 15 is 0 Å². The third-order valence-corrected chi connectivity index (χ3v) is 2.38. The van der Waals surface area contributed by atoms with E-state index < -0.39 is 29.7 Å². The van der Waals surface area contributed by atoms with Crippen molar-refractivity contribution in [3.63, 3.8) is 0 Å². The molecule has 1 atom stereocenters. The molecule has 1 heterocycles. The summed E-state index contributed by atoms with van der Waals surface area (Å²) in [6, 6.07) is 2.04. The Kier molecular flexibility index (Phi) is 2.68. The predicted molar refractivity (Wildman–Crippen MR) is 48.6 cm³/mol. The number of carbonyl (C=O) groups is 1. The lowest BCUT2D eigenvalue weighted by Crippen LogP contribution is -2.21. The third kappa shape index (κ3) is 2.17. The minimum absolute atomic E-state index is 0.183. The van der Waals surface area contributed by atoms with Gasteiger partial charge in [-0.25, -0.2) is 9.18 Å². The van der Waals surface area contributed by atoms with E-state index in [-0.39, 0.29) is 12.2 Å². The molecule has 1 aliphatic heterocycles. The van der Waals surface area contributed by atoms with Crippen LogP contribution in [0.3, 0.4) is 0 Å². The van der Waals surface area contributed by atoms with Crippen LogP contribution in [0.5, 0.6) is 0 Å². The molecule has 0 bridgehead atoms. The minimum atomic E-state index is -4.76. The maximum absolute atomic E-state index is 13.6. The first kappa shape index (κ1) is 11.7. The molecule has 1 N–H and O–H groups in total. The zero-order valence-corrected chi connectivity index (χ0v) is 8.34. The molecule has 0 aliphatic carbocycles.